The van der Waals surface area contributed by atoms with E-state index in [0.717, 1.165) is 32.1 Å². The largest absolute Gasteiger partial charge is 0.421 e. The van der Waals surface area contributed by atoms with E-state index in [0.29, 0.717) is 37.1 Å². The van der Waals surface area contributed by atoms with Crippen LogP contribution >= 0.6 is 0 Å². The van der Waals surface area contributed by atoms with Gasteiger partial charge in [-0.2, -0.15) is 18.2 Å². The number of halogens is 3. The fraction of sp³-hybridized carbons (Fsp3) is 0.643. The van der Waals surface area contributed by atoms with Gasteiger partial charge in [-0.25, -0.2) is 13.4 Å². The SMILES string of the molecule is Cc1cc(S(=O)(=O)C2CC3(CCN(C)CC3)C2)ccc1Nc1ncc(C(F)(F)F)c(N2CC(C)CC(C)(O)C2)n1. The predicted molar refractivity (Wildman–Crippen MR) is 147 cm³/mol. The van der Waals surface area contributed by atoms with E-state index < -0.39 is 27.2 Å². The molecular formula is C28H38F3N5O3S. The minimum absolute atomic E-state index is 0.0155. The number of β-amino-alcohol motifs (C(OH)–C–C–N with tert-alkyl or cyclic N) is 1. The van der Waals surface area contributed by atoms with Crippen LogP contribution in [-0.2, 0) is 16.0 Å². The highest BCUT2D eigenvalue weighted by molar-refractivity contribution is 7.92. The Bertz CT molecular complexity index is 1370. The van der Waals surface area contributed by atoms with Crippen LogP contribution in [0.3, 0.4) is 0 Å². The van der Waals surface area contributed by atoms with Crippen LogP contribution in [0.15, 0.2) is 29.3 Å². The molecule has 0 radical (unpaired) electrons. The average Bonchev–Trinajstić information content (AvgIpc) is 2.82. The molecule has 220 valence electrons. The molecule has 12 heteroatoms. The Morgan fingerprint density at radius 2 is 1.82 bits per heavy atom. The number of benzene rings is 1. The molecule has 1 aliphatic carbocycles. The molecule has 3 heterocycles. The highest BCUT2D eigenvalue weighted by Crippen LogP contribution is 2.52. The van der Waals surface area contributed by atoms with Crippen molar-refractivity contribution in [2.24, 2.45) is 11.3 Å². The maximum atomic E-state index is 13.9. The van der Waals surface area contributed by atoms with Crippen LogP contribution in [0.5, 0.6) is 0 Å². The molecule has 2 N–H and O–H groups in total. The number of aryl methyl sites for hydroxylation is 1. The zero-order chi connectivity index (χ0) is 29.1. The van der Waals surface area contributed by atoms with E-state index in [2.05, 4.69) is 27.2 Å². The van der Waals surface area contributed by atoms with E-state index in [1.54, 1.807) is 32.0 Å². The number of nitrogens with one attached hydrogen (secondary N) is 1. The topological polar surface area (TPSA) is 98.7 Å². The van der Waals surface area contributed by atoms with Crippen molar-refractivity contribution in [1.29, 1.82) is 0 Å². The van der Waals surface area contributed by atoms with Gasteiger partial charge in [-0.15, -0.1) is 0 Å². The third-order valence-electron chi connectivity index (χ3n) is 8.81. The van der Waals surface area contributed by atoms with E-state index in [1.807, 2.05) is 6.92 Å². The van der Waals surface area contributed by atoms with Gasteiger partial charge in [0.2, 0.25) is 5.95 Å². The summed E-state index contributed by atoms with van der Waals surface area (Å²) in [6.07, 6.45) is -0.00344. The highest BCUT2D eigenvalue weighted by Gasteiger charge is 2.50. The zero-order valence-corrected chi connectivity index (χ0v) is 24.2. The van der Waals surface area contributed by atoms with Gasteiger partial charge in [0.1, 0.15) is 11.4 Å². The summed E-state index contributed by atoms with van der Waals surface area (Å²) < 4.78 is 68.3. The van der Waals surface area contributed by atoms with Crippen molar-refractivity contribution >= 4 is 27.3 Å². The number of aromatic nitrogens is 2. The summed E-state index contributed by atoms with van der Waals surface area (Å²) in [5.74, 6) is -0.359. The van der Waals surface area contributed by atoms with Crippen molar-refractivity contribution in [2.75, 3.05) is 43.4 Å². The number of hydrogen-bond donors (Lipinski definition) is 2. The molecule has 3 fully saturated rings. The number of sulfone groups is 1. The first-order valence-electron chi connectivity index (χ1n) is 13.8. The zero-order valence-electron chi connectivity index (χ0n) is 23.4. The van der Waals surface area contributed by atoms with Gasteiger partial charge in [-0.3, -0.25) is 0 Å². The van der Waals surface area contributed by atoms with Gasteiger partial charge in [0.25, 0.3) is 0 Å². The predicted octanol–water partition coefficient (Wildman–Crippen LogP) is 4.79. The molecule has 1 aromatic carbocycles. The highest BCUT2D eigenvalue weighted by atomic mass is 32.2. The summed E-state index contributed by atoms with van der Waals surface area (Å²) in [5.41, 5.74) is -0.857. The Hall–Kier alpha value is -2.44. The molecule has 0 amide bonds. The summed E-state index contributed by atoms with van der Waals surface area (Å²) >= 11 is 0. The second-order valence-corrected chi connectivity index (χ2v) is 14.8. The summed E-state index contributed by atoms with van der Waals surface area (Å²) in [6.45, 7) is 7.56. The van der Waals surface area contributed by atoms with Crippen molar-refractivity contribution in [3.8, 4) is 0 Å². The van der Waals surface area contributed by atoms with Gasteiger partial charge in [-0.05, 0) is 101 Å². The van der Waals surface area contributed by atoms with Crippen LogP contribution in [0.2, 0.25) is 0 Å². The molecule has 2 unspecified atom stereocenters. The summed E-state index contributed by atoms with van der Waals surface area (Å²) in [6, 6.07) is 4.76. The van der Waals surface area contributed by atoms with Crippen LogP contribution in [0.4, 0.5) is 30.6 Å². The van der Waals surface area contributed by atoms with Gasteiger partial charge in [-0.1, -0.05) is 6.92 Å². The molecule has 1 saturated carbocycles. The van der Waals surface area contributed by atoms with Crippen LogP contribution in [0, 0.1) is 18.3 Å². The maximum absolute atomic E-state index is 13.9. The monoisotopic (exact) mass is 581 g/mol. The molecule has 2 saturated heterocycles. The minimum atomic E-state index is -4.67. The van der Waals surface area contributed by atoms with Crippen LogP contribution in [0.1, 0.15) is 57.1 Å². The lowest BCUT2D eigenvalue weighted by Crippen LogP contribution is -2.50. The molecule has 0 bridgehead atoms. The number of anilines is 3. The van der Waals surface area contributed by atoms with Crippen molar-refractivity contribution in [3.05, 3.63) is 35.5 Å². The second kappa shape index (κ2) is 10.1. The lowest BCUT2D eigenvalue weighted by atomic mass is 9.63. The Balaban J connectivity index is 1.35. The summed E-state index contributed by atoms with van der Waals surface area (Å²) in [7, 11) is -1.40. The van der Waals surface area contributed by atoms with Gasteiger partial charge in [0.05, 0.1) is 15.7 Å². The number of alkyl halides is 3. The molecule has 40 heavy (non-hydrogen) atoms. The fourth-order valence-corrected chi connectivity index (χ4v) is 8.79. The molecule has 1 aromatic heterocycles. The van der Waals surface area contributed by atoms with E-state index in [-0.39, 0.29) is 39.8 Å². The second-order valence-electron chi connectivity index (χ2n) is 12.6. The quantitative estimate of drug-likeness (QED) is 0.520. The molecular weight excluding hydrogens is 543 g/mol. The van der Waals surface area contributed by atoms with Crippen molar-refractivity contribution in [1.82, 2.24) is 14.9 Å². The number of rotatable bonds is 5. The van der Waals surface area contributed by atoms with Gasteiger partial charge in [0.15, 0.2) is 9.84 Å². The van der Waals surface area contributed by atoms with Crippen LogP contribution in [0.25, 0.3) is 0 Å². The third kappa shape index (κ3) is 5.80. The third-order valence-corrected chi connectivity index (χ3v) is 10.9. The van der Waals surface area contributed by atoms with E-state index in [1.165, 1.54) is 4.90 Å². The Morgan fingerprint density at radius 3 is 2.42 bits per heavy atom. The fourth-order valence-electron chi connectivity index (χ4n) is 6.66. The lowest BCUT2D eigenvalue weighted by molar-refractivity contribution is -0.137. The van der Waals surface area contributed by atoms with Crippen molar-refractivity contribution < 1.29 is 26.7 Å². The Kier molecular flexibility index (Phi) is 7.36. The maximum Gasteiger partial charge on any atom is 0.421 e. The Morgan fingerprint density at radius 1 is 1.15 bits per heavy atom. The van der Waals surface area contributed by atoms with E-state index in [4.69, 9.17) is 0 Å². The molecule has 2 atom stereocenters. The summed E-state index contributed by atoms with van der Waals surface area (Å²) in [4.78, 5) is 12.1. The number of piperidine rings is 2. The minimum Gasteiger partial charge on any atom is -0.388 e. The first-order valence-corrected chi connectivity index (χ1v) is 15.3. The summed E-state index contributed by atoms with van der Waals surface area (Å²) in [5, 5.41) is 13.2. The number of aliphatic hydroxyl groups is 1. The van der Waals surface area contributed by atoms with Crippen LogP contribution in [-0.4, -0.2) is 72.5 Å². The Labute approximate surface area is 233 Å². The number of hydrogen-bond acceptors (Lipinski definition) is 8. The van der Waals surface area contributed by atoms with Crippen LogP contribution < -0.4 is 10.2 Å². The first kappa shape index (κ1) is 29.1. The smallest absolute Gasteiger partial charge is 0.388 e. The number of nitrogens with zero attached hydrogens (tertiary/aromatic N) is 4. The standard InChI is InChI=1S/C28H38F3N5O3S/c1-18-12-26(3,37)17-36(16-18)24-22(28(29,30)31)15-32-25(34-24)33-23-6-5-20(11-19(23)2)40(38,39)21-13-27(14-21)7-9-35(4)10-8-27/h5-6,11,15,18,21,37H,7-10,12-14,16-17H2,1-4H3,(H,32,33,34). The van der Waals surface area contributed by atoms with Gasteiger partial charge in [0, 0.05) is 25.0 Å². The molecule has 2 aromatic rings. The molecule has 5 rings (SSSR count). The normalized spacial score (nSPS) is 26.1. The van der Waals surface area contributed by atoms with Gasteiger partial charge < -0.3 is 20.2 Å². The van der Waals surface area contributed by atoms with E-state index >= 15 is 0 Å². The molecule has 1 spiro atoms. The van der Waals surface area contributed by atoms with Crippen molar-refractivity contribution in [2.45, 2.75) is 74.8 Å². The molecule has 3 aliphatic rings. The number of likely N-dealkylation sites (tertiary alicyclic amines) is 1. The van der Waals surface area contributed by atoms with Gasteiger partial charge >= 0.3 is 6.18 Å². The average molecular weight is 582 g/mol. The van der Waals surface area contributed by atoms with E-state index in [9.17, 15) is 26.7 Å². The van der Waals surface area contributed by atoms with Crippen molar-refractivity contribution in [3.63, 3.8) is 0 Å². The molecule has 8 nitrogen and oxygen atoms in total. The molecule has 2 aliphatic heterocycles. The lowest BCUT2D eigenvalue weighted by Gasteiger charge is -2.51. The first-order chi connectivity index (χ1) is 18.6.